The van der Waals surface area contributed by atoms with Gasteiger partial charge in [0.2, 0.25) is 17.7 Å². The zero-order valence-electron chi connectivity index (χ0n) is 18.1. The van der Waals surface area contributed by atoms with Crippen molar-refractivity contribution in [3.63, 3.8) is 0 Å². The van der Waals surface area contributed by atoms with E-state index in [1.165, 1.54) is 11.3 Å². The molecule has 1 aromatic heterocycles. The number of hydrogen-bond donors (Lipinski definition) is 3. The number of carbonyl (C=O) groups is 3. The van der Waals surface area contributed by atoms with Crippen molar-refractivity contribution in [1.82, 2.24) is 15.4 Å². The number of aromatic nitrogens is 1. The Morgan fingerprint density at radius 3 is 2.68 bits per heavy atom. The molecule has 1 aromatic rings. The van der Waals surface area contributed by atoms with Crippen molar-refractivity contribution in [2.75, 3.05) is 11.9 Å². The molecule has 0 aromatic carbocycles. The minimum absolute atomic E-state index is 0.0456. The highest BCUT2D eigenvalue weighted by Gasteiger charge is 2.56. The third-order valence-electron chi connectivity index (χ3n) is 7.18. The van der Waals surface area contributed by atoms with E-state index < -0.39 is 17.9 Å². The van der Waals surface area contributed by atoms with Crippen LogP contribution in [0, 0.1) is 17.3 Å². The Balaban J connectivity index is 1.49. The predicted molar refractivity (Wildman–Crippen MR) is 117 cm³/mol. The number of carbonyl (C=O) groups excluding carboxylic acids is 3. The largest absolute Gasteiger partial charge is 0.330 e. The van der Waals surface area contributed by atoms with Crippen LogP contribution in [0.3, 0.4) is 0 Å². The van der Waals surface area contributed by atoms with Crippen molar-refractivity contribution in [2.24, 2.45) is 17.3 Å². The second-order valence-electron chi connectivity index (χ2n) is 9.48. The van der Waals surface area contributed by atoms with Gasteiger partial charge in [-0.05, 0) is 43.4 Å². The number of hydroxylamine groups is 1. The number of amides is 3. The highest BCUT2D eigenvalue weighted by atomic mass is 32.1. The van der Waals surface area contributed by atoms with E-state index in [1.807, 2.05) is 6.92 Å². The molecule has 0 unspecified atom stereocenters. The molecular weight excluding hydrogens is 416 g/mol. The highest BCUT2D eigenvalue weighted by Crippen LogP contribution is 2.55. The Morgan fingerprint density at radius 1 is 1.32 bits per heavy atom. The van der Waals surface area contributed by atoms with E-state index in [0.29, 0.717) is 30.4 Å². The molecule has 31 heavy (non-hydrogen) atoms. The van der Waals surface area contributed by atoms with Gasteiger partial charge in [-0.25, -0.2) is 10.5 Å². The summed E-state index contributed by atoms with van der Waals surface area (Å²) >= 11 is 1.46. The van der Waals surface area contributed by atoms with Crippen LogP contribution in [-0.4, -0.2) is 45.4 Å². The number of likely N-dealkylation sites (tertiary alicyclic amines) is 1. The first-order valence-electron chi connectivity index (χ1n) is 11.4. The van der Waals surface area contributed by atoms with Gasteiger partial charge in [0.15, 0.2) is 5.13 Å². The molecule has 0 bridgehead atoms. The summed E-state index contributed by atoms with van der Waals surface area (Å²) in [4.78, 5) is 45.7. The summed E-state index contributed by atoms with van der Waals surface area (Å²) in [5.74, 6) is -0.959. The summed E-state index contributed by atoms with van der Waals surface area (Å²) in [6, 6.07) is -0.535. The van der Waals surface area contributed by atoms with Gasteiger partial charge in [-0.3, -0.25) is 19.6 Å². The van der Waals surface area contributed by atoms with Crippen LogP contribution in [0.15, 0.2) is 6.20 Å². The Hall–Kier alpha value is -2.00. The Kier molecular flexibility index (Phi) is 6.62. The molecule has 2 aliphatic carbocycles. The molecule has 1 spiro atoms. The summed E-state index contributed by atoms with van der Waals surface area (Å²) in [6.45, 7) is 2.62. The monoisotopic (exact) mass is 448 g/mol. The molecule has 9 heteroatoms. The molecule has 2 atom stereocenters. The van der Waals surface area contributed by atoms with Gasteiger partial charge in [0.25, 0.3) is 0 Å². The first-order valence-corrected chi connectivity index (χ1v) is 12.2. The van der Waals surface area contributed by atoms with Crippen LogP contribution >= 0.6 is 11.3 Å². The maximum absolute atomic E-state index is 13.6. The van der Waals surface area contributed by atoms with E-state index in [2.05, 4.69) is 10.3 Å². The number of rotatable bonds is 8. The quantitative estimate of drug-likeness (QED) is 0.418. The van der Waals surface area contributed by atoms with Gasteiger partial charge in [0.1, 0.15) is 6.04 Å². The van der Waals surface area contributed by atoms with Gasteiger partial charge in [0, 0.05) is 30.0 Å². The molecule has 2 heterocycles. The summed E-state index contributed by atoms with van der Waals surface area (Å²) in [7, 11) is 0. The van der Waals surface area contributed by atoms with Crippen molar-refractivity contribution in [3.05, 3.63) is 11.1 Å². The molecule has 8 nitrogen and oxygen atoms in total. The van der Waals surface area contributed by atoms with Crippen LogP contribution < -0.4 is 10.8 Å². The van der Waals surface area contributed by atoms with Crippen molar-refractivity contribution >= 4 is 34.2 Å². The average Bonchev–Trinajstić information content (AvgIpc) is 3.14. The summed E-state index contributed by atoms with van der Waals surface area (Å²) in [5.41, 5.74) is 1.72. The Bertz CT molecular complexity index is 831. The van der Waals surface area contributed by atoms with Crippen molar-refractivity contribution in [1.29, 1.82) is 0 Å². The average molecular weight is 449 g/mol. The van der Waals surface area contributed by atoms with Gasteiger partial charge in [-0.2, -0.15) is 0 Å². The van der Waals surface area contributed by atoms with Crippen molar-refractivity contribution in [2.45, 2.75) is 77.2 Å². The van der Waals surface area contributed by atoms with E-state index in [1.54, 1.807) is 16.6 Å². The number of anilines is 1. The third kappa shape index (κ3) is 5.09. The fourth-order valence-electron chi connectivity index (χ4n) is 5.20. The molecule has 4 rings (SSSR count). The lowest BCUT2D eigenvalue weighted by Gasteiger charge is -2.29. The van der Waals surface area contributed by atoms with Crippen LogP contribution in [-0.2, 0) is 20.8 Å². The number of nitrogens with zero attached hydrogens (tertiary/aromatic N) is 2. The number of aryl methyl sites for hydroxylation is 1. The Morgan fingerprint density at radius 2 is 2.06 bits per heavy atom. The minimum atomic E-state index is -0.549. The molecule has 3 aliphatic rings. The molecule has 2 saturated carbocycles. The maximum Gasteiger partial charge on any atom is 0.248 e. The maximum atomic E-state index is 13.6. The first kappa shape index (κ1) is 22.2. The van der Waals surface area contributed by atoms with E-state index >= 15 is 0 Å². The second kappa shape index (κ2) is 9.24. The molecule has 3 N–H and O–H groups in total. The SMILES string of the molecule is CCc1cnc(NC(=O)[C@@H]2CC3(CC3)CN2C(=O)[C@@H](CC(=O)NO)CC2CCCC2)s1. The van der Waals surface area contributed by atoms with E-state index in [0.717, 1.165) is 49.8 Å². The van der Waals surface area contributed by atoms with Crippen LogP contribution in [0.1, 0.15) is 69.6 Å². The fourth-order valence-corrected chi connectivity index (χ4v) is 5.96. The number of nitrogens with one attached hydrogen (secondary N) is 2. The molecule has 3 fully saturated rings. The number of thiazole rings is 1. The zero-order chi connectivity index (χ0) is 22.0. The minimum Gasteiger partial charge on any atom is -0.330 e. The van der Waals surface area contributed by atoms with Gasteiger partial charge in [-0.1, -0.05) is 32.6 Å². The van der Waals surface area contributed by atoms with E-state index in [9.17, 15) is 14.4 Å². The second-order valence-corrected chi connectivity index (χ2v) is 10.6. The van der Waals surface area contributed by atoms with E-state index in [4.69, 9.17) is 5.21 Å². The van der Waals surface area contributed by atoms with Crippen LogP contribution in [0.5, 0.6) is 0 Å². The van der Waals surface area contributed by atoms with Crippen molar-refractivity contribution in [3.8, 4) is 0 Å². The molecule has 3 amide bonds. The lowest BCUT2D eigenvalue weighted by molar-refractivity contribution is -0.144. The predicted octanol–water partition coefficient (Wildman–Crippen LogP) is 3.12. The van der Waals surface area contributed by atoms with Crippen LogP contribution in [0.25, 0.3) is 0 Å². The molecule has 1 aliphatic heterocycles. The standard InChI is InChI=1S/C22H32N4O4S/c1-2-16-12-23-21(31-16)24-19(28)17-11-22(7-8-22)13-26(17)20(29)15(10-18(27)25-30)9-14-5-3-4-6-14/h12,14-15,17,30H,2-11,13H2,1H3,(H,25,27)(H,23,24,28)/t15-,17+/m1/s1. The number of hydrogen-bond acceptors (Lipinski definition) is 6. The summed E-state index contributed by atoms with van der Waals surface area (Å²) in [5, 5.41) is 12.5. The first-order chi connectivity index (χ1) is 14.9. The molecular formula is C22H32N4O4S. The van der Waals surface area contributed by atoms with E-state index in [-0.39, 0.29) is 23.7 Å². The van der Waals surface area contributed by atoms with Gasteiger partial charge >= 0.3 is 0 Å². The summed E-state index contributed by atoms with van der Waals surface area (Å²) < 4.78 is 0. The summed E-state index contributed by atoms with van der Waals surface area (Å²) in [6.07, 6.45) is 10.4. The van der Waals surface area contributed by atoms with Crippen LogP contribution in [0.4, 0.5) is 5.13 Å². The third-order valence-corrected chi connectivity index (χ3v) is 8.24. The molecule has 170 valence electrons. The van der Waals surface area contributed by atoms with Gasteiger partial charge < -0.3 is 10.2 Å². The smallest absolute Gasteiger partial charge is 0.248 e. The lowest BCUT2D eigenvalue weighted by atomic mass is 9.89. The Labute approximate surface area is 186 Å². The highest BCUT2D eigenvalue weighted by molar-refractivity contribution is 7.15. The van der Waals surface area contributed by atoms with Gasteiger partial charge in [0.05, 0.1) is 0 Å². The molecule has 0 radical (unpaired) electrons. The normalized spacial score (nSPS) is 23.2. The topological polar surface area (TPSA) is 112 Å². The van der Waals surface area contributed by atoms with Crippen LogP contribution in [0.2, 0.25) is 0 Å². The zero-order valence-corrected chi connectivity index (χ0v) is 18.9. The van der Waals surface area contributed by atoms with Gasteiger partial charge in [-0.15, -0.1) is 11.3 Å². The molecule has 1 saturated heterocycles. The lowest BCUT2D eigenvalue weighted by Crippen LogP contribution is -2.46. The fraction of sp³-hybridized carbons (Fsp3) is 0.727. The van der Waals surface area contributed by atoms with Crippen molar-refractivity contribution < 1.29 is 19.6 Å².